The van der Waals surface area contributed by atoms with Crippen LogP contribution in [0.3, 0.4) is 0 Å². The number of rotatable bonds is 2. The molecule has 1 aliphatic rings. The molecule has 0 bridgehead atoms. The lowest BCUT2D eigenvalue weighted by Crippen LogP contribution is -2.06. The van der Waals surface area contributed by atoms with E-state index in [1.165, 1.54) is 6.33 Å². The summed E-state index contributed by atoms with van der Waals surface area (Å²) in [5, 5.41) is 14.5. The maximum absolute atomic E-state index is 10.4. The predicted octanol–water partition coefficient (Wildman–Crippen LogP) is 2.56. The summed E-state index contributed by atoms with van der Waals surface area (Å²) in [6.45, 7) is 0. The van der Waals surface area contributed by atoms with Crippen molar-refractivity contribution in [1.29, 1.82) is 0 Å². The molecule has 108 valence electrons. The van der Waals surface area contributed by atoms with Crippen molar-refractivity contribution >= 4 is 23.3 Å². The van der Waals surface area contributed by atoms with Gasteiger partial charge >= 0.3 is 0 Å². The van der Waals surface area contributed by atoms with Crippen LogP contribution in [0.1, 0.15) is 17.2 Å². The molecule has 1 aliphatic heterocycles. The molecule has 1 aromatic carbocycles. The van der Waals surface area contributed by atoms with Crippen LogP contribution in [-0.2, 0) is 0 Å². The second-order valence-electron chi connectivity index (χ2n) is 4.77. The van der Waals surface area contributed by atoms with Crippen molar-refractivity contribution in [2.45, 2.75) is 16.0 Å². The van der Waals surface area contributed by atoms with Crippen LogP contribution in [0.25, 0.3) is 0 Å². The lowest BCUT2D eigenvalue weighted by molar-refractivity contribution is 0.219. The van der Waals surface area contributed by atoms with Crippen LogP contribution in [0.4, 0.5) is 11.5 Å². The predicted molar refractivity (Wildman–Crippen MR) is 82.0 cm³/mol. The number of aromatic nitrogens is 4. The average molecular weight is 309 g/mol. The molecule has 1 atom stereocenters. The standard InChI is InChI=1S/C15H11N5OS/c21-13(10-6-16-8-17-7-10)9-1-2-12-11(5-9)20-14-15(22-12)19-4-3-18-14/h1-8,13,21H,(H,18,20). The number of aliphatic hydroxyl groups is 1. The van der Waals surface area contributed by atoms with Crippen molar-refractivity contribution < 1.29 is 5.11 Å². The molecule has 0 saturated carbocycles. The summed E-state index contributed by atoms with van der Waals surface area (Å²) in [5.41, 5.74) is 2.34. The van der Waals surface area contributed by atoms with Gasteiger partial charge in [0.15, 0.2) is 5.82 Å². The fourth-order valence-electron chi connectivity index (χ4n) is 2.27. The third kappa shape index (κ3) is 2.30. The SMILES string of the molecule is OC(c1cncnc1)c1ccc2c(c1)Nc1nccnc1S2. The van der Waals surface area contributed by atoms with Crippen LogP contribution in [-0.4, -0.2) is 25.0 Å². The maximum Gasteiger partial charge on any atom is 0.163 e. The van der Waals surface area contributed by atoms with Gasteiger partial charge in [0.25, 0.3) is 0 Å². The molecule has 3 heterocycles. The summed E-state index contributed by atoms with van der Waals surface area (Å²) in [5.74, 6) is 0.731. The Kier molecular flexibility index (Phi) is 3.21. The zero-order valence-electron chi connectivity index (χ0n) is 11.3. The van der Waals surface area contributed by atoms with Gasteiger partial charge in [-0.05, 0) is 17.7 Å². The minimum Gasteiger partial charge on any atom is -0.384 e. The van der Waals surface area contributed by atoms with Crippen molar-refractivity contribution in [2.75, 3.05) is 5.32 Å². The lowest BCUT2D eigenvalue weighted by atomic mass is 10.0. The number of anilines is 2. The highest BCUT2D eigenvalue weighted by molar-refractivity contribution is 7.99. The monoisotopic (exact) mass is 309 g/mol. The van der Waals surface area contributed by atoms with Crippen LogP contribution < -0.4 is 5.32 Å². The first-order valence-corrected chi connectivity index (χ1v) is 7.46. The van der Waals surface area contributed by atoms with Crippen molar-refractivity contribution in [3.63, 3.8) is 0 Å². The van der Waals surface area contributed by atoms with E-state index in [1.54, 1.807) is 36.5 Å². The molecule has 0 saturated heterocycles. The van der Waals surface area contributed by atoms with E-state index < -0.39 is 6.10 Å². The first kappa shape index (κ1) is 13.2. The second-order valence-corrected chi connectivity index (χ2v) is 5.80. The largest absolute Gasteiger partial charge is 0.384 e. The smallest absolute Gasteiger partial charge is 0.163 e. The molecular weight excluding hydrogens is 298 g/mol. The van der Waals surface area contributed by atoms with Gasteiger partial charge in [0.05, 0.1) is 5.69 Å². The van der Waals surface area contributed by atoms with Gasteiger partial charge < -0.3 is 10.4 Å². The van der Waals surface area contributed by atoms with Gasteiger partial charge in [-0.25, -0.2) is 19.9 Å². The van der Waals surface area contributed by atoms with E-state index in [0.29, 0.717) is 5.56 Å². The molecule has 1 unspecified atom stereocenters. The van der Waals surface area contributed by atoms with Crippen LogP contribution in [0.5, 0.6) is 0 Å². The fourth-order valence-corrected chi connectivity index (χ4v) is 3.14. The van der Waals surface area contributed by atoms with Crippen molar-refractivity contribution in [3.8, 4) is 0 Å². The van der Waals surface area contributed by atoms with E-state index in [9.17, 15) is 5.11 Å². The normalized spacial score (nSPS) is 13.7. The Morgan fingerprint density at radius 3 is 2.73 bits per heavy atom. The molecule has 0 fully saturated rings. The summed E-state index contributed by atoms with van der Waals surface area (Å²) in [4.78, 5) is 17.5. The van der Waals surface area contributed by atoms with Gasteiger partial charge in [0.2, 0.25) is 0 Å². The van der Waals surface area contributed by atoms with Crippen molar-refractivity contribution in [1.82, 2.24) is 19.9 Å². The van der Waals surface area contributed by atoms with Gasteiger partial charge in [-0.1, -0.05) is 17.8 Å². The Hall–Kier alpha value is -2.51. The van der Waals surface area contributed by atoms with Crippen molar-refractivity contribution in [2.24, 2.45) is 0 Å². The van der Waals surface area contributed by atoms with Gasteiger partial charge in [0, 0.05) is 35.2 Å². The number of benzene rings is 1. The topological polar surface area (TPSA) is 83.8 Å². The number of nitrogens with one attached hydrogen (secondary N) is 1. The molecule has 0 aliphatic carbocycles. The first-order chi connectivity index (χ1) is 10.8. The molecule has 0 amide bonds. The fraction of sp³-hybridized carbons (Fsp3) is 0.0667. The summed E-state index contributed by atoms with van der Waals surface area (Å²) < 4.78 is 0. The summed E-state index contributed by atoms with van der Waals surface area (Å²) in [6, 6.07) is 5.77. The summed E-state index contributed by atoms with van der Waals surface area (Å²) >= 11 is 1.56. The maximum atomic E-state index is 10.4. The Morgan fingerprint density at radius 1 is 1.05 bits per heavy atom. The quantitative estimate of drug-likeness (QED) is 0.588. The number of nitrogens with zero attached hydrogens (tertiary/aromatic N) is 4. The third-order valence-electron chi connectivity index (χ3n) is 3.34. The Morgan fingerprint density at radius 2 is 1.86 bits per heavy atom. The zero-order chi connectivity index (χ0) is 14.9. The van der Waals surface area contributed by atoms with Crippen molar-refractivity contribution in [3.05, 3.63) is 60.4 Å². The van der Waals surface area contributed by atoms with E-state index in [-0.39, 0.29) is 0 Å². The molecule has 22 heavy (non-hydrogen) atoms. The van der Waals surface area contributed by atoms with Gasteiger partial charge in [-0.2, -0.15) is 0 Å². The number of aliphatic hydroxyl groups excluding tert-OH is 1. The van der Waals surface area contributed by atoms with E-state index in [1.807, 2.05) is 18.2 Å². The summed E-state index contributed by atoms with van der Waals surface area (Å²) in [7, 11) is 0. The number of hydrogen-bond acceptors (Lipinski definition) is 7. The van der Waals surface area contributed by atoms with E-state index in [4.69, 9.17) is 0 Å². The lowest BCUT2D eigenvalue weighted by Gasteiger charge is -2.20. The highest BCUT2D eigenvalue weighted by Gasteiger charge is 2.20. The van der Waals surface area contributed by atoms with E-state index >= 15 is 0 Å². The molecule has 3 aromatic rings. The Labute approximate surface area is 130 Å². The van der Waals surface area contributed by atoms with E-state index in [2.05, 4.69) is 25.3 Å². The highest BCUT2D eigenvalue weighted by atomic mass is 32.2. The molecule has 4 rings (SSSR count). The highest BCUT2D eigenvalue weighted by Crippen LogP contribution is 2.42. The van der Waals surface area contributed by atoms with Crippen LogP contribution in [0.2, 0.25) is 0 Å². The zero-order valence-corrected chi connectivity index (χ0v) is 12.2. The third-order valence-corrected chi connectivity index (χ3v) is 4.41. The molecule has 0 spiro atoms. The van der Waals surface area contributed by atoms with E-state index in [0.717, 1.165) is 27.0 Å². The van der Waals surface area contributed by atoms with Crippen LogP contribution >= 0.6 is 11.8 Å². The minimum atomic E-state index is -0.762. The average Bonchev–Trinajstić information content (AvgIpc) is 2.59. The van der Waals surface area contributed by atoms with Gasteiger partial charge in [-0.3, -0.25) is 0 Å². The first-order valence-electron chi connectivity index (χ1n) is 6.64. The molecular formula is C15H11N5OS. The van der Waals surface area contributed by atoms with Gasteiger partial charge in [-0.15, -0.1) is 0 Å². The summed E-state index contributed by atoms with van der Waals surface area (Å²) in [6.07, 6.45) is 7.22. The Balaban J connectivity index is 1.69. The van der Waals surface area contributed by atoms with Gasteiger partial charge in [0.1, 0.15) is 17.5 Å². The second kappa shape index (κ2) is 5.36. The molecule has 2 aromatic heterocycles. The van der Waals surface area contributed by atoms with Crippen LogP contribution in [0.15, 0.2) is 59.2 Å². The van der Waals surface area contributed by atoms with Crippen LogP contribution in [0, 0.1) is 0 Å². The molecule has 2 N–H and O–H groups in total. The molecule has 0 radical (unpaired) electrons. The molecule has 7 heteroatoms. The minimum absolute atomic E-state index is 0.658. The number of fused-ring (bicyclic) bond motifs is 2. The number of hydrogen-bond donors (Lipinski definition) is 2. The Bertz CT molecular complexity index is 827. The molecule has 6 nitrogen and oxygen atoms in total.